The lowest BCUT2D eigenvalue weighted by Crippen LogP contribution is -2.32. The van der Waals surface area contributed by atoms with Crippen molar-refractivity contribution in [1.29, 1.82) is 0 Å². The maximum atomic E-state index is 13.2. The second kappa shape index (κ2) is 13.4. The Kier molecular flexibility index (Phi) is 8.61. The summed E-state index contributed by atoms with van der Waals surface area (Å²) in [5.41, 5.74) is 11.6. The van der Waals surface area contributed by atoms with Crippen LogP contribution >= 0.6 is 0 Å². The summed E-state index contributed by atoms with van der Waals surface area (Å²) in [6, 6.07) is 31.2. The van der Waals surface area contributed by atoms with E-state index in [9.17, 15) is 4.79 Å². The Morgan fingerprint density at radius 1 is 0.739 bits per heavy atom. The first-order valence-electron chi connectivity index (χ1n) is 16.2. The fourth-order valence-electron chi connectivity index (χ4n) is 6.60. The van der Waals surface area contributed by atoms with Crippen LogP contribution in [0.25, 0.3) is 32.6 Å². The van der Waals surface area contributed by atoms with Crippen LogP contribution in [-0.2, 0) is 30.6 Å². The van der Waals surface area contributed by atoms with Crippen LogP contribution in [0.5, 0.6) is 0 Å². The fourth-order valence-corrected chi connectivity index (χ4v) is 6.60. The lowest BCUT2D eigenvalue weighted by Gasteiger charge is -2.21. The minimum Gasteiger partial charge on any atom is -0.361 e. The van der Waals surface area contributed by atoms with Crippen LogP contribution < -0.4 is 11.1 Å². The van der Waals surface area contributed by atoms with Gasteiger partial charge in [0.05, 0.1) is 12.6 Å². The first-order valence-corrected chi connectivity index (χ1v) is 16.2. The maximum Gasteiger partial charge on any atom is 0.220 e. The molecule has 0 aliphatic carbocycles. The highest BCUT2D eigenvalue weighted by Crippen LogP contribution is 2.27. The molecule has 3 heterocycles. The summed E-state index contributed by atoms with van der Waals surface area (Å²) >= 11 is 0. The number of hydrogen-bond acceptors (Lipinski definition) is 4. The standard InChI is InChI=1S/C38H39N7O/c39-21-9-20-37(46)42-35(22-29-24-41-34-18-6-4-16-32(29)34)38-44-43-36(19-8-12-27-23-40-33-17-5-3-15-31(27)33)45(38)25-28-13-7-11-26-10-1-2-14-30(26)28/h1-7,10-11,13-18,23-24,35,40-41H,8-9,12,19-22,25,39H2,(H,42,46). The average Bonchev–Trinajstić information content (AvgIpc) is 3.81. The largest absolute Gasteiger partial charge is 0.361 e. The molecule has 4 aromatic carbocycles. The van der Waals surface area contributed by atoms with Gasteiger partial charge < -0.3 is 25.6 Å². The van der Waals surface area contributed by atoms with Crippen molar-refractivity contribution in [2.45, 2.75) is 51.1 Å². The smallest absolute Gasteiger partial charge is 0.220 e. The van der Waals surface area contributed by atoms with Crippen LogP contribution in [0, 0.1) is 0 Å². The van der Waals surface area contributed by atoms with E-state index in [2.05, 4.69) is 105 Å². The van der Waals surface area contributed by atoms with Gasteiger partial charge in [-0.1, -0.05) is 78.9 Å². The molecule has 3 aromatic heterocycles. The van der Waals surface area contributed by atoms with Crippen LogP contribution in [0.15, 0.2) is 103 Å². The lowest BCUT2D eigenvalue weighted by molar-refractivity contribution is -0.122. The molecule has 0 saturated heterocycles. The zero-order valence-corrected chi connectivity index (χ0v) is 25.9. The lowest BCUT2D eigenvalue weighted by atomic mass is 10.0. The van der Waals surface area contributed by atoms with Gasteiger partial charge in [-0.15, -0.1) is 10.2 Å². The summed E-state index contributed by atoms with van der Waals surface area (Å²) in [5.74, 6) is 1.65. The van der Waals surface area contributed by atoms with E-state index in [1.807, 2.05) is 18.3 Å². The van der Waals surface area contributed by atoms with Gasteiger partial charge in [-0.2, -0.15) is 0 Å². The Morgan fingerprint density at radius 2 is 1.41 bits per heavy atom. The summed E-state index contributed by atoms with van der Waals surface area (Å²) in [4.78, 5) is 20.0. The number of nitrogens with one attached hydrogen (secondary N) is 3. The van der Waals surface area contributed by atoms with Crippen LogP contribution in [-0.4, -0.2) is 37.2 Å². The van der Waals surface area contributed by atoms with E-state index in [-0.39, 0.29) is 11.9 Å². The third-order valence-electron chi connectivity index (χ3n) is 8.94. The van der Waals surface area contributed by atoms with E-state index in [4.69, 9.17) is 15.9 Å². The van der Waals surface area contributed by atoms with Crippen LogP contribution in [0.4, 0.5) is 0 Å². The summed E-state index contributed by atoms with van der Waals surface area (Å²) < 4.78 is 2.24. The Bertz CT molecular complexity index is 2100. The van der Waals surface area contributed by atoms with E-state index in [1.165, 1.54) is 27.3 Å². The Morgan fingerprint density at radius 3 is 2.20 bits per heavy atom. The molecule has 5 N–H and O–H groups in total. The summed E-state index contributed by atoms with van der Waals surface area (Å²) in [6.07, 6.45) is 8.35. The quantitative estimate of drug-likeness (QED) is 0.116. The predicted octanol–water partition coefficient (Wildman–Crippen LogP) is 6.76. The second-order valence-corrected chi connectivity index (χ2v) is 12.0. The molecule has 7 rings (SSSR count). The number of hydrogen-bond donors (Lipinski definition) is 4. The number of aromatic amines is 2. The Hall–Kier alpha value is -5.21. The molecule has 46 heavy (non-hydrogen) atoms. The second-order valence-electron chi connectivity index (χ2n) is 12.0. The molecule has 0 radical (unpaired) electrons. The number of nitrogens with two attached hydrogens (primary N) is 1. The third kappa shape index (κ3) is 6.17. The number of carbonyl (C=O) groups is 1. The zero-order valence-electron chi connectivity index (χ0n) is 25.9. The number of carbonyl (C=O) groups excluding carboxylic acids is 1. The molecule has 0 aliphatic rings. The minimum absolute atomic E-state index is 0.0316. The summed E-state index contributed by atoms with van der Waals surface area (Å²) in [5, 5.41) is 17.7. The number of aryl methyl sites for hydroxylation is 2. The average molecular weight is 610 g/mol. The minimum atomic E-state index is -0.366. The molecule has 1 atom stereocenters. The predicted molar refractivity (Wildman–Crippen MR) is 185 cm³/mol. The van der Waals surface area contributed by atoms with Gasteiger partial charge in [0, 0.05) is 53.5 Å². The molecular formula is C38H39N7O. The van der Waals surface area contributed by atoms with Crippen molar-refractivity contribution in [3.05, 3.63) is 132 Å². The fraction of sp³-hybridized carbons (Fsp3) is 0.237. The number of rotatable bonds is 13. The van der Waals surface area contributed by atoms with Crippen molar-refractivity contribution >= 4 is 38.5 Å². The molecule has 0 saturated carbocycles. The normalized spacial score (nSPS) is 12.3. The molecule has 8 heteroatoms. The van der Waals surface area contributed by atoms with Gasteiger partial charge in [0.25, 0.3) is 0 Å². The van der Waals surface area contributed by atoms with Crippen LogP contribution in [0.3, 0.4) is 0 Å². The maximum absolute atomic E-state index is 13.2. The van der Waals surface area contributed by atoms with Crippen molar-refractivity contribution in [3.63, 3.8) is 0 Å². The van der Waals surface area contributed by atoms with Crippen molar-refractivity contribution in [2.24, 2.45) is 5.73 Å². The molecule has 0 spiro atoms. The Balaban J connectivity index is 1.24. The van der Waals surface area contributed by atoms with Gasteiger partial charge in [-0.05, 0) is 65.4 Å². The number of benzene rings is 4. The summed E-state index contributed by atoms with van der Waals surface area (Å²) in [7, 11) is 0. The molecule has 8 nitrogen and oxygen atoms in total. The van der Waals surface area contributed by atoms with Crippen LogP contribution in [0.1, 0.15) is 53.6 Å². The first kappa shape index (κ1) is 29.5. The van der Waals surface area contributed by atoms with Gasteiger partial charge in [0.2, 0.25) is 5.91 Å². The van der Waals surface area contributed by atoms with Crippen molar-refractivity contribution < 1.29 is 4.79 Å². The molecule has 0 aliphatic heterocycles. The van der Waals surface area contributed by atoms with Gasteiger partial charge in [-0.3, -0.25) is 4.79 Å². The van der Waals surface area contributed by atoms with Crippen molar-refractivity contribution in [2.75, 3.05) is 6.54 Å². The number of H-pyrrole nitrogens is 2. The van der Waals surface area contributed by atoms with Gasteiger partial charge in [0.1, 0.15) is 5.82 Å². The summed E-state index contributed by atoms with van der Waals surface area (Å²) in [6.45, 7) is 1.08. The number of amides is 1. The van der Waals surface area contributed by atoms with E-state index in [1.54, 1.807) is 0 Å². The monoisotopic (exact) mass is 609 g/mol. The van der Waals surface area contributed by atoms with E-state index < -0.39 is 0 Å². The Labute approximate surface area is 268 Å². The molecule has 0 fully saturated rings. The van der Waals surface area contributed by atoms with Crippen molar-refractivity contribution in [3.8, 4) is 0 Å². The first-order chi connectivity index (χ1) is 22.7. The highest BCUT2D eigenvalue weighted by atomic mass is 16.1. The molecule has 232 valence electrons. The molecule has 0 bridgehead atoms. The topological polar surface area (TPSA) is 117 Å². The van der Waals surface area contributed by atoms with Gasteiger partial charge in [0.15, 0.2) is 5.82 Å². The molecule has 1 amide bonds. The third-order valence-corrected chi connectivity index (χ3v) is 8.94. The number of para-hydroxylation sites is 2. The van der Waals surface area contributed by atoms with E-state index in [0.29, 0.717) is 32.4 Å². The zero-order chi connectivity index (χ0) is 31.3. The SMILES string of the molecule is NCCCC(=O)NC(Cc1c[nH]c2ccccc12)c1nnc(CCCc2c[nH]c3ccccc23)n1Cc1cccc2ccccc12. The van der Waals surface area contributed by atoms with E-state index in [0.717, 1.165) is 52.9 Å². The molecule has 7 aromatic rings. The van der Waals surface area contributed by atoms with Crippen LogP contribution in [0.2, 0.25) is 0 Å². The van der Waals surface area contributed by atoms with Crippen molar-refractivity contribution in [1.82, 2.24) is 30.0 Å². The number of fused-ring (bicyclic) bond motifs is 3. The number of nitrogens with zero attached hydrogens (tertiary/aromatic N) is 3. The highest BCUT2D eigenvalue weighted by molar-refractivity contribution is 5.86. The van der Waals surface area contributed by atoms with Gasteiger partial charge in [-0.25, -0.2) is 0 Å². The highest BCUT2D eigenvalue weighted by Gasteiger charge is 2.25. The molecule has 1 unspecified atom stereocenters. The van der Waals surface area contributed by atoms with Gasteiger partial charge >= 0.3 is 0 Å². The van der Waals surface area contributed by atoms with E-state index >= 15 is 0 Å². The molecular weight excluding hydrogens is 570 g/mol. The number of aromatic nitrogens is 5.